The lowest BCUT2D eigenvalue weighted by Gasteiger charge is -2.07. The fourth-order valence-electron chi connectivity index (χ4n) is 1.95. The highest BCUT2D eigenvalue weighted by molar-refractivity contribution is 5.67. The Bertz CT molecular complexity index is 533. The molecule has 0 aliphatic rings. The summed E-state index contributed by atoms with van der Waals surface area (Å²) in [7, 11) is 0. The van der Waals surface area contributed by atoms with E-state index in [1.54, 1.807) is 13.1 Å². The molecule has 1 N–H and O–H groups in total. The summed E-state index contributed by atoms with van der Waals surface area (Å²) in [6, 6.07) is 8.19. The predicted octanol–water partition coefficient (Wildman–Crippen LogP) is 3.36. The normalized spacial score (nSPS) is 10.9. The minimum atomic E-state index is 0.0408. The van der Waals surface area contributed by atoms with E-state index in [1.165, 1.54) is 5.56 Å². The maximum atomic E-state index is 9.81. The molecule has 0 bridgehead atoms. The average molecular weight is 242 g/mol. The molecule has 2 aromatic rings. The minimum absolute atomic E-state index is 0.0408. The Morgan fingerprint density at radius 3 is 2.39 bits per heavy atom. The quantitative estimate of drug-likeness (QED) is 0.897. The first-order valence-corrected chi connectivity index (χ1v) is 6.18. The number of hydrogen-bond donors (Lipinski definition) is 1. The zero-order valence-corrected chi connectivity index (χ0v) is 11.0. The molecule has 0 radical (unpaired) electrons. The van der Waals surface area contributed by atoms with Crippen LogP contribution in [0.1, 0.15) is 25.2 Å². The van der Waals surface area contributed by atoms with Crippen molar-refractivity contribution in [2.24, 2.45) is 5.92 Å². The van der Waals surface area contributed by atoms with E-state index in [4.69, 9.17) is 0 Å². The summed E-state index contributed by atoms with van der Waals surface area (Å²) in [6.07, 6.45) is 2.73. The van der Waals surface area contributed by atoms with Crippen molar-refractivity contribution in [3.63, 3.8) is 0 Å². The average Bonchev–Trinajstić information content (AvgIpc) is 2.30. The Balaban J connectivity index is 2.28. The molecule has 3 nitrogen and oxygen atoms in total. The van der Waals surface area contributed by atoms with Gasteiger partial charge in [0.15, 0.2) is 0 Å². The maximum absolute atomic E-state index is 9.81. The van der Waals surface area contributed by atoms with Gasteiger partial charge in [0, 0.05) is 6.20 Å². The minimum Gasteiger partial charge on any atom is -0.493 e. The zero-order chi connectivity index (χ0) is 13.1. The van der Waals surface area contributed by atoms with E-state index >= 15 is 0 Å². The molecule has 0 aliphatic heterocycles. The zero-order valence-electron chi connectivity index (χ0n) is 11.0. The van der Waals surface area contributed by atoms with Crippen LogP contribution in [0.4, 0.5) is 0 Å². The van der Waals surface area contributed by atoms with Crippen LogP contribution in [0, 0.1) is 12.8 Å². The van der Waals surface area contributed by atoms with E-state index in [0.717, 1.165) is 12.0 Å². The fraction of sp³-hybridized carbons (Fsp3) is 0.333. The second-order valence-corrected chi connectivity index (χ2v) is 4.95. The monoisotopic (exact) mass is 242 g/mol. The molecule has 1 heterocycles. The predicted molar refractivity (Wildman–Crippen MR) is 72.4 cm³/mol. The topological polar surface area (TPSA) is 46.0 Å². The standard InChI is InChI=1S/C15H18N2O/c1-10(2)8-12-4-6-13(7-5-12)14-9-16-11(3)17-15(14)18/h4-7,9-10H,8H2,1-3H3,(H,16,17,18). The third-order valence-electron chi connectivity index (χ3n) is 2.80. The van der Waals surface area contributed by atoms with Crippen molar-refractivity contribution in [3.8, 4) is 17.0 Å². The Hall–Kier alpha value is -1.90. The smallest absolute Gasteiger partial charge is 0.222 e. The van der Waals surface area contributed by atoms with Crippen molar-refractivity contribution in [1.29, 1.82) is 0 Å². The van der Waals surface area contributed by atoms with Crippen LogP contribution in [0.25, 0.3) is 11.1 Å². The largest absolute Gasteiger partial charge is 0.493 e. The Labute approximate surface area is 108 Å². The van der Waals surface area contributed by atoms with Crippen molar-refractivity contribution >= 4 is 0 Å². The van der Waals surface area contributed by atoms with Gasteiger partial charge in [-0.2, -0.15) is 4.98 Å². The molecule has 0 spiro atoms. The van der Waals surface area contributed by atoms with Gasteiger partial charge in [0.2, 0.25) is 5.88 Å². The van der Waals surface area contributed by atoms with E-state index in [2.05, 4.69) is 35.9 Å². The first-order chi connectivity index (χ1) is 8.56. The van der Waals surface area contributed by atoms with Crippen LogP contribution in [0.2, 0.25) is 0 Å². The van der Waals surface area contributed by atoms with Crippen LogP contribution in [-0.2, 0) is 6.42 Å². The molecule has 3 heteroatoms. The van der Waals surface area contributed by atoms with Crippen LogP contribution >= 0.6 is 0 Å². The second kappa shape index (κ2) is 5.17. The van der Waals surface area contributed by atoms with Gasteiger partial charge in [0.1, 0.15) is 5.82 Å². The van der Waals surface area contributed by atoms with Crippen molar-refractivity contribution < 1.29 is 5.11 Å². The number of aryl methyl sites for hydroxylation is 1. The summed E-state index contributed by atoms with van der Waals surface area (Å²) in [4.78, 5) is 8.08. The molecule has 0 saturated carbocycles. The third-order valence-corrected chi connectivity index (χ3v) is 2.80. The summed E-state index contributed by atoms with van der Waals surface area (Å²) in [5.74, 6) is 1.26. The second-order valence-electron chi connectivity index (χ2n) is 4.95. The van der Waals surface area contributed by atoms with Gasteiger partial charge in [-0.3, -0.25) is 0 Å². The van der Waals surface area contributed by atoms with Crippen molar-refractivity contribution in [3.05, 3.63) is 41.9 Å². The van der Waals surface area contributed by atoms with Gasteiger partial charge in [0.05, 0.1) is 5.56 Å². The van der Waals surface area contributed by atoms with Gasteiger partial charge in [0.25, 0.3) is 0 Å². The van der Waals surface area contributed by atoms with Crippen LogP contribution in [0.3, 0.4) is 0 Å². The highest BCUT2D eigenvalue weighted by Crippen LogP contribution is 2.26. The summed E-state index contributed by atoms with van der Waals surface area (Å²) in [5.41, 5.74) is 2.93. The summed E-state index contributed by atoms with van der Waals surface area (Å²) in [5, 5.41) is 9.81. The van der Waals surface area contributed by atoms with Crippen LogP contribution in [0.5, 0.6) is 5.88 Å². The number of rotatable bonds is 3. The molecule has 2 rings (SSSR count). The number of hydrogen-bond acceptors (Lipinski definition) is 3. The lowest BCUT2D eigenvalue weighted by atomic mass is 10.00. The third kappa shape index (κ3) is 2.86. The molecule has 1 aromatic heterocycles. The van der Waals surface area contributed by atoms with E-state index in [-0.39, 0.29) is 5.88 Å². The molecule has 0 saturated heterocycles. The number of aromatic hydroxyl groups is 1. The number of aromatic nitrogens is 2. The summed E-state index contributed by atoms with van der Waals surface area (Å²) in [6.45, 7) is 6.16. The van der Waals surface area contributed by atoms with Crippen molar-refractivity contribution in [2.45, 2.75) is 27.2 Å². The molecule has 0 atom stereocenters. The van der Waals surface area contributed by atoms with Crippen molar-refractivity contribution in [2.75, 3.05) is 0 Å². The van der Waals surface area contributed by atoms with Gasteiger partial charge >= 0.3 is 0 Å². The molecule has 94 valence electrons. The Kier molecular flexibility index (Phi) is 3.60. The lowest BCUT2D eigenvalue weighted by Crippen LogP contribution is -1.94. The lowest BCUT2D eigenvalue weighted by molar-refractivity contribution is 0.452. The number of nitrogens with zero attached hydrogens (tertiary/aromatic N) is 2. The molecule has 0 amide bonds. The SMILES string of the molecule is Cc1ncc(-c2ccc(CC(C)C)cc2)c(O)n1. The van der Waals surface area contributed by atoms with Gasteiger partial charge in [-0.15, -0.1) is 0 Å². The molecule has 0 unspecified atom stereocenters. The Morgan fingerprint density at radius 2 is 1.83 bits per heavy atom. The van der Waals surface area contributed by atoms with E-state index in [0.29, 0.717) is 17.3 Å². The fourth-order valence-corrected chi connectivity index (χ4v) is 1.95. The highest BCUT2D eigenvalue weighted by Gasteiger charge is 2.07. The highest BCUT2D eigenvalue weighted by atomic mass is 16.3. The van der Waals surface area contributed by atoms with Crippen LogP contribution < -0.4 is 0 Å². The van der Waals surface area contributed by atoms with E-state index < -0.39 is 0 Å². The molecule has 1 aromatic carbocycles. The molecule has 0 fully saturated rings. The Morgan fingerprint density at radius 1 is 1.17 bits per heavy atom. The van der Waals surface area contributed by atoms with Crippen LogP contribution in [-0.4, -0.2) is 15.1 Å². The molecular weight excluding hydrogens is 224 g/mol. The van der Waals surface area contributed by atoms with E-state index in [9.17, 15) is 5.11 Å². The molecular formula is C15H18N2O. The van der Waals surface area contributed by atoms with Gasteiger partial charge in [-0.25, -0.2) is 4.98 Å². The first-order valence-electron chi connectivity index (χ1n) is 6.18. The summed E-state index contributed by atoms with van der Waals surface area (Å²) >= 11 is 0. The summed E-state index contributed by atoms with van der Waals surface area (Å²) < 4.78 is 0. The first kappa shape index (κ1) is 12.6. The molecule has 18 heavy (non-hydrogen) atoms. The molecule has 0 aliphatic carbocycles. The van der Waals surface area contributed by atoms with Gasteiger partial charge in [-0.05, 0) is 30.4 Å². The van der Waals surface area contributed by atoms with E-state index in [1.807, 2.05) is 12.1 Å². The maximum Gasteiger partial charge on any atom is 0.222 e. The number of benzene rings is 1. The van der Waals surface area contributed by atoms with Crippen molar-refractivity contribution in [1.82, 2.24) is 9.97 Å². The van der Waals surface area contributed by atoms with Gasteiger partial charge < -0.3 is 5.11 Å². The van der Waals surface area contributed by atoms with Crippen LogP contribution in [0.15, 0.2) is 30.5 Å². The van der Waals surface area contributed by atoms with Gasteiger partial charge in [-0.1, -0.05) is 38.1 Å².